The maximum atomic E-state index is 13.8. The van der Waals surface area contributed by atoms with Crippen LogP contribution >= 0.6 is 11.3 Å². The van der Waals surface area contributed by atoms with E-state index in [1.165, 1.54) is 29.7 Å². The summed E-state index contributed by atoms with van der Waals surface area (Å²) in [6.45, 7) is 8.70. The molecule has 1 aromatic heterocycles. The van der Waals surface area contributed by atoms with E-state index in [-0.39, 0.29) is 22.8 Å². The third kappa shape index (κ3) is 4.78. The van der Waals surface area contributed by atoms with Gasteiger partial charge in [-0.25, -0.2) is 0 Å². The van der Waals surface area contributed by atoms with Crippen LogP contribution in [0.4, 0.5) is 0 Å². The Bertz CT molecular complexity index is 923. The number of thiophene rings is 1. The monoisotopic (exact) mass is 466 g/mol. The van der Waals surface area contributed by atoms with Gasteiger partial charge in [-0.3, -0.25) is 9.69 Å². The summed E-state index contributed by atoms with van der Waals surface area (Å²) in [4.78, 5) is 17.6. The number of morpholine rings is 1. The summed E-state index contributed by atoms with van der Waals surface area (Å²) < 4.78 is 5.58. The molecule has 5 heteroatoms. The summed E-state index contributed by atoms with van der Waals surface area (Å²) in [7, 11) is 0. The molecule has 1 aliphatic heterocycles. The second-order valence-electron chi connectivity index (χ2n) is 11.1. The van der Waals surface area contributed by atoms with Crippen LogP contribution in [-0.4, -0.2) is 43.7 Å². The van der Waals surface area contributed by atoms with Crippen molar-refractivity contribution in [3.8, 4) is 0 Å². The van der Waals surface area contributed by atoms with Crippen LogP contribution in [0.5, 0.6) is 0 Å². The van der Waals surface area contributed by atoms with Crippen LogP contribution in [0, 0.1) is 17.3 Å². The van der Waals surface area contributed by atoms with Crippen molar-refractivity contribution in [2.24, 2.45) is 17.3 Å². The van der Waals surface area contributed by atoms with E-state index in [1.807, 2.05) is 0 Å². The summed E-state index contributed by atoms with van der Waals surface area (Å²) in [6, 6.07) is 15.6. The molecule has 1 saturated heterocycles. The highest BCUT2D eigenvalue weighted by Crippen LogP contribution is 2.58. The van der Waals surface area contributed by atoms with E-state index in [9.17, 15) is 4.79 Å². The van der Waals surface area contributed by atoms with Gasteiger partial charge in [0, 0.05) is 29.9 Å². The van der Waals surface area contributed by atoms with E-state index in [0.717, 1.165) is 45.1 Å². The van der Waals surface area contributed by atoms with E-state index < -0.39 is 0 Å². The maximum absolute atomic E-state index is 13.8. The van der Waals surface area contributed by atoms with Gasteiger partial charge in [0.25, 0.3) is 0 Å². The smallest absolute Gasteiger partial charge is 0.226 e. The molecule has 1 N–H and O–H groups in total. The number of rotatable bonds is 6. The second kappa shape index (κ2) is 9.52. The Morgan fingerprint density at radius 1 is 1.15 bits per heavy atom. The highest BCUT2D eigenvalue weighted by molar-refractivity contribution is 7.10. The summed E-state index contributed by atoms with van der Waals surface area (Å²) in [5.74, 6) is 1.60. The fourth-order valence-electron chi connectivity index (χ4n) is 7.28. The third-order valence-electron chi connectivity index (χ3n) is 8.37. The molecule has 2 heterocycles. The zero-order valence-corrected chi connectivity index (χ0v) is 20.9. The van der Waals surface area contributed by atoms with Gasteiger partial charge in [0.1, 0.15) is 0 Å². The predicted octanol–water partition coefficient (Wildman–Crippen LogP) is 5.41. The van der Waals surface area contributed by atoms with Crippen LogP contribution in [0.25, 0.3) is 0 Å². The first kappa shape index (κ1) is 23.1. The third-order valence-corrected chi connectivity index (χ3v) is 9.34. The Kier molecular flexibility index (Phi) is 6.65. The predicted molar refractivity (Wildman–Crippen MR) is 134 cm³/mol. The standard InChI is InChI=1S/C28H38N2O2S/c1-21-15-22-17-27(2,20-28(16-21,18-22)23-7-4-3-5-8-23)26(31)29-19-24(25-9-6-14-33-25)30-10-12-32-13-11-30/h3-9,14,21-22,24H,10-13,15-20H2,1-2H3,(H,29,31). The van der Waals surface area contributed by atoms with Crippen molar-refractivity contribution in [3.63, 3.8) is 0 Å². The van der Waals surface area contributed by atoms with Crippen molar-refractivity contribution in [2.75, 3.05) is 32.8 Å². The van der Waals surface area contributed by atoms with Crippen molar-refractivity contribution in [1.82, 2.24) is 10.2 Å². The lowest BCUT2D eigenvalue weighted by atomic mass is 9.50. The number of hydrogen-bond acceptors (Lipinski definition) is 4. The Morgan fingerprint density at radius 2 is 1.94 bits per heavy atom. The highest BCUT2D eigenvalue weighted by Gasteiger charge is 2.53. The molecular weight excluding hydrogens is 428 g/mol. The molecule has 178 valence electrons. The molecule has 1 aromatic carbocycles. The average molecular weight is 467 g/mol. The molecular formula is C28H38N2O2S. The van der Waals surface area contributed by atoms with Crippen LogP contribution in [0.15, 0.2) is 47.8 Å². The fourth-order valence-corrected chi connectivity index (χ4v) is 8.14. The Labute approximate surface area is 202 Å². The van der Waals surface area contributed by atoms with Crippen LogP contribution < -0.4 is 5.32 Å². The normalized spacial score (nSPS) is 33.4. The van der Waals surface area contributed by atoms with Gasteiger partial charge < -0.3 is 10.1 Å². The molecule has 0 spiro atoms. The Morgan fingerprint density at radius 3 is 2.67 bits per heavy atom. The van der Waals surface area contributed by atoms with Gasteiger partial charge in [-0.05, 0) is 66.4 Å². The minimum atomic E-state index is -0.316. The molecule has 5 rings (SSSR count). The molecule has 3 fully saturated rings. The van der Waals surface area contributed by atoms with Gasteiger partial charge in [-0.2, -0.15) is 0 Å². The number of nitrogens with zero attached hydrogens (tertiary/aromatic N) is 1. The zero-order valence-electron chi connectivity index (χ0n) is 20.1. The lowest BCUT2D eigenvalue weighted by molar-refractivity contribution is -0.136. The lowest BCUT2D eigenvalue weighted by Crippen LogP contribution is -2.53. The topological polar surface area (TPSA) is 41.6 Å². The Balaban J connectivity index is 1.34. The van der Waals surface area contributed by atoms with E-state index >= 15 is 0 Å². The van der Waals surface area contributed by atoms with Crippen LogP contribution in [0.1, 0.15) is 62.4 Å². The molecule has 2 aliphatic carbocycles. The molecule has 1 amide bonds. The van der Waals surface area contributed by atoms with Gasteiger partial charge in [-0.1, -0.05) is 50.2 Å². The number of carbonyl (C=O) groups excluding carboxylic acids is 1. The number of amides is 1. The van der Waals surface area contributed by atoms with E-state index in [4.69, 9.17) is 4.74 Å². The number of ether oxygens (including phenoxy) is 1. The van der Waals surface area contributed by atoms with Gasteiger partial charge in [0.05, 0.1) is 19.3 Å². The van der Waals surface area contributed by atoms with Crippen LogP contribution in [0.2, 0.25) is 0 Å². The minimum Gasteiger partial charge on any atom is -0.379 e. The van der Waals surface area contributed by atoms with Crippen molar-refractivity contribution in [3.05, 3.63) is 58.3 Å². The maximum Gasteiger partial charge on any atom is 0.226 e. The SMILES string of the molecule is CC1CC2CC(C)(C(=O)NCC(c3cccs3)N3CCOCC3)CC(c3ccccc3)(C1)C2. The van der Waals surface area contributed by atoms with Gasteiger partial charge in [0.15, 0.2) is 0 Å². The van der Waals surface area contributed by atoms with E-state index in [0.29, 0.717) is 12.5 Å². The van der Waals surface area contributed by atoms with E-state index in [1.54, 1.807) is 11.3 Å². The Hall–Kier alpha value is -1.69. The summed E-state index contributed by atoms with van der Waals surface area (Å²) >= 11 is 1.79. The molecule has 2 saturated carbocycles. The number of carbonyl (C=O) groups is 1. The second-order valence-corrected chi connectivity index (χ2v) is 12.1. The molecule has 5 atom stereocenters. The van der Waals surface area contributed by atoms with Crippen LogP contribution in [-0.2, 0) is 14.9 Å². The summed E-state index contributed by atoms with van der Waals surface area (Å²) in [6.07, 6.45) is 5.65. The highest BCUT2D eigenvalue weighted by atomic mass is 32.1. The largest absolute Gasteiger partial charge is 0.379 e. The molecule has 33 heavy (non-hydrogen) atoms. The van der Waals surface area contributed by atoms with E-state index in [2.05, 4.69) is 71.9 Å². The lowest BCUT2D eigenvalue weighted by Gasteiger charge is -2.54. The summed E-state index contributed by atoms with van der Waals surface area (Å²) in [5, 5.41) is 5.57. The van der Waals surface area contributed by atoms with Gasteiger partial charge in [-0.15, -0.1) is 11.3 Å². The molecule has 4 nitrogen and oxygen atoms in total. The van der Waals surface area contributed by atoms with Crippen LogP contribution in [0.3, 0.4) is 0 Å². The molecule has 3 aliphatic rings. The number of benzene rings is 1. The first-order valence-electron chi connectivity index (χ1n) is 12.7. The average Bonchev–Trinajstić information content (AvgIpc) is 3.34. The van der Waals surface area contributed by atoms with Crippen molar-refractivity contribution in [1.29, 1.82) is 0 Å². The van der Waals surface area contributed by atoms with Gasteiger partial charge >= 0.3 is 0 Å². The molecule has 2 bridgehead atoms. The van der Waals surface area contributed by atoms with Crippen molar-refractivity contribution in [2.45, 2.75) is 57.4 Å². The first-order valence-corrected chi connectivity index (χ1v) is 13.5. The summed E-state index contributed by atoms with van der Waals surface area (Å²) in [5.41, 5.74) is 1.25. The van der Waals surface area contributed by atoms with Crippen molar-refractivity contribution >= 4 is 17.2 Å². The number of fused-ring (bicyclic) bond motifs is 2. The minimum absolute atomic E-state index is 0.130. The number of nitrogens with one attached hydrogen (secondary N) is 1. The quantitative estimate of drug-likeness (QED) is 0.619. The fraction of sp³-hybridized carbons (Fsp3) is 0.607. The van der Waals surface area contributed by atoms with Crippen molar-refractivity contribution < 1.29 is 9.53 Å². The molecule has 5 unspecified atom stereocenters. The van der Waals surface area contributed by atoms with Gasteiger partial charge in [0.2, 0.25) is 5.91 Å². The molecule has 2 aromatic rings. The molecule has 0 radical (unpaired) electrons. The number of hydrogen-bond donors (Lipinski definition) is 1. The zero-order chi connectivity index (χ0) is 22.9. The first-order chi connectivity index (χ1) is 16.0.